The molecular weight excluding hydrogens is 408 g/mol. The van der Waals surface area contributed by atoms with Crippen molar-refractivity contribution < 1.29 is 22.7 Å². The number of hydrogen-bond acceptors (Lipinski definition) is 6. The van der Waals surface area contributed by atoms with Crippen LogP contribution in [-0.4, -0.2) is 62.4 Å². The van der Waals surface area contributed by atoms with E-state index in [4.69, 9.17) is 4.74 Å². The van der Waals surface area contributed by atoms with Crippen LogP contribution in [0.1, 0.15) is 5.56 Å². The summed E-state index contributed by atoms with van der Waals surface area (Å²) < 4.78 is 31.8. The number of carbonyl (C=O) groups is 2. The zero-order valence-corrected chi connectivity index (χ0v) is 17.0. The first-order chi connectivity index (χ1) is 14.4. The van der Waals surface area contributed by atoms with Crippen molar-refractivity contribution in [1.29, 1.82) is 0 Å². The summed E-state index contributed by atoms with van der Waals surface area (Å²) in [5.41, 5.74) is 1.20. The highest BCUT2D eigenvalue weighted by Gasteiger charge is 2.25. The molecule has 0 unspecified atom stereocenters. The zero-order chi connectivity index (χ0) is 21.4. The number of amides is 2. The molecule has 2 N–H and O–H groups in total. The van der Waals surface area contributed by atoms with Crippen LogP contribution in [0.15, 0.2) is 59.8 Å². The molecule has 0 radical (unpaired) electrons. The summed E-state index contributed by atoms with van der Waals surface area (Å²) in [5.74, 6) is -0.816. The molecule has 2 heterocycles. The van der Waals surface area contributed by atoms with Gasteiger partial charge >= 0.3 is 0 Å². The van der Waals surface area contributed by atoms with Gasteiger partial charge in [0.2, 0.25) is 21.8 Å². The third-order valence-corrected chi connectivity index (χ3v) is 6.20. The maximum absolute atomic E-state index is 12.6. The molecule has 3 rings (SSSR count). The number of hydrogen-bond donors (Lipinski definition) is 2. The average Bonchev–Trinajstić information content (AvgIpc) is 2.78. The van der Waals surface area contributed by atoms with E-state index in [2.05, 4.69) is 15.6 Å². The quantitative estimate of drug-likeness (QED) is 0.630. The third-order valence-electron chi connectivity index (χ3n) is 4.28. The number of nitrogens with one attached hydrogen (secondary N) is 2. The number of carbonyl (C=O) groups excluding carboxylic acids is 2. The molecule has 2 amide bonds. The molecule has 1 aliphatic rings. The van der Waals surface area contributed by atoms with Crippen LogP contribution in [0.2, 0.25) is 0 Å². The van der Waals surface area contributed by atoms with Crippen LogP contribution in [0.3, 0.4) is 0 Å². The average molecular weight is 430 g/mol. The Morgan fingerprint density at radius 2 is 1.87 bits per heavy atom. The van der Waals surface area contributed by atoms with Crippen LogP contribution in [-0.2, 0) is 24.3 Å². The number of nitrogens with zero attached hydrogens (tertiary/aromatic N) is 2. The second-order valence-corrected chi connectivity index (χ2v) is 8.36. The van der Waals surface area contributed by atoms with Crippen molar-refractivity contribution in [3.05, 3.63) is 60.4 Å². The Morgan fingerprint density at radius 3 is 2.53 bits per heavy atom. The fourth-order valence-electron chi connectivity index (χ4n) is 2.73. The second kappa shape index (κ2) is 10.1. The van der Waals surface area contributed by atoms with E-state index >= 15 is 0 Å². The fraction of sp³-hybridized carbons (Fsp3) is 0.250. The highest BCUT2D eigenvalue weighted by atomic mass is 32.2. The number of rotatable bonds is 7. The minimum absolute atomic E-state index is 0.186. The number of ether oxygens (including phenoxy) is 1. The van der Waals surface area contributed by atoms with Gasteiger partial charge in [-0.25, -0.2) is 8.42 Å². The number of anilines is 1. The van der Waals surface area contributed by atoms with Gasteiger partial charge in [-0.3, -0.25) is 14.6 Å². The van der Waals surface area contributed by atoms with E-state index in [0.29, 0.717) is 37.6 Å². The van der Waals surface area contributed by atoms with Crippen LogP contribution in [0.25, 0.3) is 6.08 Å². The van der Waals surface area contributed by atoms with E-state index in [1.807, 2.05) is 0 Å². The summed E-state index contributed by atoms with van der Waals surface area (Å²) in [7, 11) is -3.55. The van der Waals surface area contributed by atoms with Crippen molar-refractivity contribution in [2.45, 2.75) is 4.90 Å². The first-order valence-corrected chi connectivity index (χ1v) is 10.7. The summed E-state index contributed by atoms with van der Waals surface area (Å²) in [6.07, 6.45) is 5.91. The zero-order valence-electron chi connectivity index (χ0n) is 16.2. The van der Waals surface area contributed by atoms with Crippen molar-refractivity contribution in [1.82, 2.24) is 14.6 Å². The van der Waals surface area contributed by atoms with Gasteiger partial charge < -0.3 is 15.4 Å². The number of aromatic nitrogens is 1. The summed E-state index contributed by atoms with van der Waals surface area (Å²) in [6.45, 7) is 1.25. The number of sulfonamides is 1. The van der Waals surface area contributed by atoms with Crippen LogP contribution >= 0.6 is 0 Å². The van der Waals surface area contributed by atoms with Crippen LogP contribution in [0.5, 0.6) is 0 Å². The van der Waals surface area contributed by atoms with E-state index in [1.54, 1.807) is 36.5 Å². The molecule has 1 aromatic heterocycles. The normalized spacial score (nSPS) is 15.1. The fourth-order valence-corrected chi connectivity index (χ4v) is 4.14. The highest BCUT2D eigenvalue weighted by molar-refractivity contribution is 7.89. The predicted molar refractivity (Wildman–Crippen MR) is 111 cm³/mol. The summed E-state index contributed by atoms with van der Waals surface area (Å²) in [5, 5.41) is 5.09. The van der Waals surface area contributed by atoms with Crippen molar-refractivity contribution in [2.75, 3.05) is 38.2 Å². The Kier molecular flexibility index (Phi) is 7.28. The molecule has 1 aliphatic heterocycles. The van der Waals surface area contributed by atoms with Gasteiger partial charge in [0.25, 0.3) is 0 Å². The Labute approximate surface area is 174 Å². The summed E-state index contributed by atoms with van der Waals surface area (Å²) in [4.78, 5) is 27.8. The smallest absolute Gasteiger partial charge is 0.244 e. The maximum Gasteiger partial charge on any atom is 0.244 e. The van der Waals surface area contributed by atoms with E-state index in [1.165, 1.54) is 28.7 Å². The van der Waals surface area contributed by atoms with E-state index in [9.17, 15) is 18.0 Å². The van der Waals surface area contributed by atoms with Gasteiger partial charge in [0, 0.05) is 25.4 Å². The Morgan fingerprint density at radius 1 is 1.13 bits per heavy atom. The van der Waals surface area contributed by atoms with E-state index < -0.39 is 15.9 Å². The van der Waals surface area contributed by atoms with Crippen molar-refractivity contribution in [3.8, 4) is 0 Å². The summed E-state index contributed by atoms with van der Waals surface area (Å²) in [6, 6.07) is 9.62. The Bertz CT molecular complexity index is 1000. The van der Waals surface area contributed by atoms with Gasteiger partial charge in [0.1, 0.15) is 0 Å². The SMILES string of the molecule is O=C(/C=C/c1ccc(S(=O)(=O)N2CCOCC2)cc1)NCC(=O)Nc1cccnc1. The lowest BCUT2D eigenvalue weighted by Crippen LogP contribution is -2.40. The van der Waals surface area contributed by atoms with E-state index in [-0.39, 0.29) is 17.3 Å². The lowest BCUT2D eigenvalue weighted by Gasteiger charge is -2.26. The molecule has 10 heteroatoms. The first-order valence-electron chi connectivity index (χ1n) is 9.29. The van der Waals surface area contributed by atoms with Crippen LogP contribution in [0.4, 0.5) is 5.69 Å². The lowest BCUT2D eigenvalue weighted by atomic mass is 10.2. The summed E-state index contributed by atoms with van der Waals surface area (Å²) >= 11 is 0. The number of benzene rings is 1. The monoisotopic (exact) mass is 430 g/mol. The number of morpholine rings is 1. The Hall–Kier alpha value is -3.08. The molecule has 1 aromatic carbocycles. The molecule has 0 spiro atoms. The predicted octanol–water partition coefficient (Wildman–Crippen LogP) is 0.871. The molecule has 0 saturated carbocycles. The van der Waals surface area contributed by atoms with Gasteiger partial charge in [-0.2, -0.15) is 4.31 Å². The topological polar surface area (TPSA) is 118 Å². The molecule has 0 bridgehead atoms. The highest BCUT2D eigenvalue weighted by Crippen LogP contribution is 2.18. The maximum atomic E-state index is 12.6. The molecule has 158 valence electrons. The minimum Gasteiger partial charge on any atom is -0.379 e. The third kappa shape index (κ3) is 5.96. The van der Waals surface area contributed by atoms with Gasteiger partial charge in [-0.1, -0.05) is 12.1 Å². The minimum atomic E-state index is -3.55. The van der Waals surface area contributed by atoms with E-state index in [0.717, 1.165) is 0 Å². The Balaban J connectivity index is 1.50. The van der Waals surface area contributed by atoms with Crippen molar-refractivity contribution in [3.63, 3.8) is 0 Å². The largest absolute Gasteiger partial charge is 0.379 e. The molecule has 1 fully saturated rings. The van der Waals surface area contributed by atoms with Crippen LogP contribution < -0.4 is 10.6 Å². The first kappa shape index (κ1) is 21.6. The van der Waals surface area contributed by atoms with Gasteiger partial charge in [-0.15, -0.1) is 0 Å². The van der Waals surface area contributed by atoms with Gasteiger partial charge in [0.05, 0.1) is 36.5 Å². The molecule has 2 aromatic rings. The molecule has 9 nitrogen and oxygen atoms in total. The lowest BCUT2D eigenvalue weighted by molar-refractivity contribution is -0.121. The van der Waals surface area contributed by atoms with Crippen molar-refractivity contribution in [2.24, 2.45) is 0 Å². The van der Waals surface area contributed by atoms with Crippen LogP contribution in [0, 0.1) is 0 Å². The molecule has 1 saturated heterocycles. The van der Waals surface area contributed by atoms with Gasteiger partial charge in [0.15, 0.2) is 0 Å². The molecule has 0 atom stereocenters. The van der Waals surface area contributed by atoms with Gasteiger partial charge in [-0.05, 0) is 35.9 Å². The second-order valence-electron chi connectivity index (χ2n) is 6.43. The van der Waals surface area contributed by atoms with Crippen molar-refractivity contribution >= 4 is 33.6 Å². The molecule has 30 heavy (non-hydrogen) atoms. The molecular formula is C20H22N4O5S. The molecule has 0 aliphatic carbocycles. The number of pyridine rings is 1. The standard InChI is InChI=1S/C20H22N4O5S/c25-19(22-15-20(26)23-17-2-1-9-21-14-17)8-5-16-3-6-18(7-4-16)30(27,28)24-10-12-29-13-11-24/h1-9,14H,10-13,15H2,(H,22,25)(H,23,26)/b8-5+.